The van der Waals surface area contributed by atoms with Gasteiger partial charge in [-0.2, -0.15) is 0 Å². The second-order valence-corrected chi connectivity index (χ2v) is 5.71. The molecule has 2 rings (SSSR count). The fraction of sp³-hybridized carbons (Fsp3) is 0.625. The fourth-order valence-corrected chi connectivity index (χ4v) is 2.91. The molecule has 2 N–H and O–H groups in total. The highest BCUT2D eigenvalue weighted by Gasteiger charge is 2.28. The molecule has 0 saturated carbocycles. The molecular formula is C16H26N2O2. The maximum atomic E-state index is 6.11. The summed E-state index contributed by atoms with van der Waals surface area (Å²) in [5, 5.41) is 0. The monoisotopic (exact) mass is 278 g/mol. The van der Waals surface area contributed by atoms with Crippen molar-refractivity contribution >= 4 is 0 Å². The minimum Gasteiger partial charge on any atom is -0.497 e. The summed E-state index contributed by atoms with van der Waals surface area (Å²) in [4.78, 5) is 2.48. The van der Waals surface area contributed by atoms with Gasteiger partial charge in [0.05, 0.1) is 14.2 Å². The van der Waals surface area contributed by atoms with Crippen LogP contribution < -0.4 is 15.2 Å². The van der Waals surface area contributed by atoms with Crippen LogP contribution in [0.1, 0.15) is 31.9 Å². The van der Waals surface area contributed by atoms with Crippen molar-refractivity contribution in [2.45, 2.75) is 32.4 Å². The summed E-state index contributed by atoms with van der Waals surface area (Å²) >= 11 is 0. The lowest BCUT2D eigenvalue weighted by atomic mass is 9.92. The van der Waals surface area contributed by atoms with Gasteiger partial charge in [-0.05, 0) is 37.5 Å². The minimum atomic E-state index is 0.301. The molecule has 0 amide bonds. The van der Waals surface area contributed by atoms with Gasteiger partial charge >= 0.3 is 0 Å². The van der Waals surface area contributed by atoms with Gasteiger partial charge in [-0.25, -0.2) is 0 Å². The highest BCUT2D eigenvalue weighted by molar-refractivity contribution is 5.42. The van der Waals surface area contributed by atoms with Crippen LogP contribution in [0, 0.1) is 5.92 Å². The van der Waals surface area contributed by atoms with Gasteiger partial charge in [-0.1, -0.05) is 6.92 Å². The number of likely N-dealkylation sites (tertiary alicyclic amines) is 1. The lowest BCUT2D eigenvalue weighted by Gasteiger charge is -2.39. The maximum absolute atomic E-state index is 6.11. The van der Waals surface area contributed by atoms with E-state index in [4.69, 9.17) is 15.2 Å². The van der Waals surface area contributed by atoms with Gasteiger partial charge in [0.25, 0.3) is 0 Å². The van der Waals surface area contributed by atoms with Crippen molar-refractivity contribution in [3.8, 4) is 11.5 Å². The van der Waals surface area contributed by atoms with Crippen molar-refractivity contribution in [3.05, 3.63) is 23.8 Å². The zero-order valence-electron chi connectivity index (χ0n) is 12.9. The quantitative estimate of drug-likeness (QED) is 0.919. The number of hydrogen-bond acceptors (Lipinski definition) is 4. The largest absolute Gasteiger partial charge is 0.497 e. The van der Waals surface area contributed by atoms with E-state index in [0.29, 0.717) is 18.0 Å². The summed E-state index contributed by atoms with van der Waals surface area (Å²) in [5.41, 5.74) is 7.29. The summed E-state index contributed by atoms with van der Waals surface area (Å²) < 4.78 is 10.8. The number of nitrogens with zero attached hydrogens (tertiary/aromatic N) is 1. The molecular weight excluding hydrogens is 252 g/mol. The van der Waals surface area contributed by atoms with E-state index >= 15 is 0 Å². The third kappa shape index (κ3) is 3.07. The van der Waals surface area contributed by atoms with Crippen molar-refractivity contribution in [2.24, 2.45) is 11.7 Å². The predicted molar refractivity (Wildman–Crippen MR) is 81.3 cm³/mol. The third-order valence-corrected chi connectivity index (χ3v) is 4.44. The standard InChI is InChI=1S/C16H26N2O2/c1-11-10-18(8-7-15(11)17)12(2)14-9-13(19-3)5-6-16(14)20-4/h5-6,9,11-12,15H,7-8,10,17H2,1-4H3. The molecule has 1 aromatic carbocycles. The zero-order chi connectivity index (χ0) is 14.7. The Balaban J connectivity index is 2.21. The average molecular weight is 278 g/mol. The summed E-state index contributed by atoms with van der Waals surface area (Å²) in [7, 11) is 3.41. The Morgan fingerprint density at radius 3 is 2.65 bits per heavy atom. The number of hydrogen-bond donors (Lipinski definition) is 1. The normalized spacial score (nSPS) is 25.2. The predicted octanol–water partition coefficient (Wildman–Crippen LogP) is 2.43. The first-order valence-electron chi connectivity index (χ1n) is 7.28. The lowest BCUT2D eigenvalue weighted by Crippen LogP contribution is -2.46. The molecule has 1 aliphatic heterocycles. The minimum absolute atomic E-state index is 0.301. The molecule has 0 bridgehead atoms. The number of rotatable bonds is 4. The van der Waals surface area contributed by atoms with Crippen LogP contribution in [0.4, 0.5) is 0 Å². The molecule has 20 heavy (non-hydrogen) atoms. The summed E-state index contributed by atoms with van der Waals surface area (Å²) in [6.45, 7) is 6.52. The Morgan fingerprint density at radius 1 is 1.30 bits per heavy atom. The van der Waals surface area contributed by atoms with Gasteiger partial charge in [0.15, 0.2) is 0 Å². The van der Waals surface area contributed by atoms with Gasteiger partial charge in [-0.3, -0.25) is 4.90 Å². The van der Waals surface area contributed by atoms with E-state index in [9.17, 15) is 0 Å². The number of nitrogens with two attached hydrogens (primary N) is 1. The highest BCUT2D eigenvalue weighted by atomic mass is 16.5. The van der Waals surface area contributed by atoms with Crippen molar-refractivity contribution in [1.82, 2.24) is 4.90 Å². The summed E-state index contributed by atoms with van der Waals surface area (Å²) in [6, 6.07) is 6.61. The fourth-order valence-electron chi connectivity index (χ4n) is 2.91. The van der Waals surface area contributed by atoms with E-state index in [2.05, 4.69) is 24.8 Å². The zero-order valence-corrected chi connectivity index (χ0v) is 12.9. The molecule has 0 aliphatic carbocycles. The number of benzene rings is 1. The Hall–Kier alpha value is -1.26. The first kappa shape index (κ1) is 15.1. The van der Waals surface area contributed by atoms with Crippen molar-refractivity contribution < 1.29 is 9.47 Å². The van der Waals surface area contributed by atoms with Crippen LogP contribution in [-0.2, 0) is 0 Å². The Morgan fingerprint density at radius 2 is 2.05 bits per heavy atom. The third-order valence-electron chi connectivity index (χ3n) is 4.44. The smallest absolute Gasteiger partial charge is 0.123 e. The Kier molecular flexibility index (Phi) is 4.89. The van der Waals surface area contributed by atoms with Crippen molar-refractivity contribution in [1.29, 1.82) is 0 Å². The molecule has 0 radical (unpaired) electrons. The van der Waals surface area contributed by atoms with Crippen molar-refractivity contribution in [2.75, 3.05) is 27.3 Å². The SMILES string of the molecule is COc1ccc(OC)c(C(C)N2CCC(N)C(C)C2)c1. The molecule has 1 saturated heterocycles. The van der Waals surface area contributed by atoms with Crippen LogP contribution in [-0.4, -0.2) is 38.3 Å². The number of ether oxygens (including phenoxy) is 2. The number of methoxy groups -OCH3 is 2. The van der Waals surface area contributed by atoms with Crippen LogP contribution in [0.2, 0.25) is 0 Å². The van der Waals surface area contributed by atoms with Gasteiger partial charge in [0.1, 0.15) is 11.5 Å². The highest BCUT2D eigenvalue weighted by Crippen LogP contribution is 2.34. The number of piperidine rings is 1. The van der Waals surface area contributed by atoms with E-state index in [-0.39, 0.29) is 0 Å². The first-order valence-corrected chi connectivity index (χ1v) is 7.28. The molecule has 1 fully saturated rings. The van der Waals surface area contributed by atoms with Crippen LogP contribution in [0.25, 0.3) is 0 Å². The molecule has 3 atom stereocenters. The molecule has 1 aliphatic rings. The summed E-state index contributed by atoms with van der Waals surface area (Å²) in [5.74, 6) is 2.32. The first-order chi connectivity index (χ1) is 9.56. The van der Waals surface area contributed by atoms with Gasteiger partial charge in [0, 0.05) is 30.7 Å². The van der Waals surface area contributed by atoms with Gasteiger partial charge in [0.2, 0.25) is 0 Å². The molecule has 1 aromatic rings. The lowest BCUT2D eigenvalue weighted by molar-refractivity contribution is 0.122. The molecule has 112 valence electrons. The Labute approximate surface area is 121 Å². The Bertz CT molecular complexity index is 450. The van der Waals surface area contributed by atoms with Gasteiger partial charge < -0.3 is 15.2 Å². The van der Waals surface area contributed by atoms with Crippen molar-refractivity contribution in [3.63, 3.8) is 0 Å². The van der Waals surface area contributed by atoms with Crippen LogP contribution in [0.15, 0.2) is 18.2 Å². The molecule has 1 heterocycles. The maximum Gasteiger partial charge on any atom is 0.123 e. The van der Waals surface area contributed by atoms with E-state index < -0.39 is 0 Å². The topological polar surface area (TPSA) is 47.7 Å². The van der Waals surface area contributed by atoms with Crippen LogP contribution in [0.3, 0.4) is 0 Å². The van der Waals surface area contributed by atoms with Crippen LogP contribution >= 0.6 is 0 Å². The van der Waals surface area contributed by atoms with Crippen LogP contribution in [0.5, 0.6) is 11.5 Å². The molecule has 0 aromatic heterocycles. The second kappa shape index (κ2) is 6.46. The molecule has 0 spiro atoms. The molecule has 3 unspecified atom stereocenters. The van der Waals surface area contributed by atoms with E-state index in [1.54, 1.807) is 14.2 Å². The molecule has 4 nitrogen and oxygen atoms in total. The van der Waals surface area contributed by atoms with E-state index in [0.717, 1.165) is 31.0 Å². The molecule has 4 heteroatoms. The average Bonchev–Trinajstić information content (AvgIpc) is 2.48. The van der Waals surface area contributed by atoms with E-state index in [1.807, 2.05) is 12.1 Å². The second-order valence-electron chi connectivity index (χ2n) is 5.71. The summed E-state index contributed by atoms with van der Waals surface area (Å²) in [6.07, 6.45) is 1.05. The van der Waals surface area contributed by atoms with Gasteiger partial charge in [-0.15, -0.1) is 0 Å². The van der Waals surface area contributed by atoms with E-state index in [1.165, 1.54) is 5.56 Å².